The molecule has 5 heteroatoms. The Kier molecular flexibility index (Phi) is 6.07. The van der Waals surface area contributed by atoms with Crippen LogP contribution in [0.4, 0.5) is 0 Å². The van der Waals surface area contributed by atoms with E-state index in [2.05, 4.69) is 48.2 Å². The van der Waals surface area contributed by atoms with Crippen LogP contribution in [-0.2, 0) is 16.1 Å². The quantitative estimate of drug-likeness (QED) is 0.737. The number of amides is 1. The summed E-state index contributed by atoms with van der Waals surface area (Å²) in [6, 6.07) is 12.6. The zero-order valence-electron chi connectivity index (χ0n) is 17.7. The molecule has 2 aliphatic heterocycles. The van der Waals surface area contributed by atoms with Gasteiger partial charge in [0.1, 0.15) is 11.5 Å². The van der Waals surface area contributed by atoms with Crippen molar-refractivity contribution in [2.24, 2.45) is 5.41 Å². The number of likely N-dealkylation sites (tertiary alicyclic amines) is 2. The van der Waals surface area contributed by atoms with Gasteiger partial charge in [0.05, 0.1) is 13.2 Å². The van der Waals surface area contributed by atoms with Crippen molar-refractivity contribution in [3.63, 3.8) is 0 Å². The predicted molar refractivity (Wildman–Crippen MR) is 114 cm³/mol. The number of furan rings is 1. The van der Waals surface area contributed by atoms with E-state index in [1.165, 1.54) is 18.4 Å². The van der Waals surface area contributed by atoms with Crippen LogP contribution in [0.1, 0.15) is 37.0 Å². The molecular weight excluding hydrogens is 364 g/mol. The average Bonchev–Trinajstić information content (AvgIpc) is 3.18. The van der Waals surface area contributed by atoms with Crippen molar-refractivity contribution in [2.75, 3.05) is 39.9 Å². The highest BCUT2D eigenvalue weighted by Crippen LogP contribution is 2.39. The van der Waals surface area contributed by atoms with Crippen molar-refractivity contribution < 1.29 is 13.9 Å². The first-order valence-corrected chi connectivity index (χ1v) is 10.7. The van der Waals surface area contributed by atoms with Crippen LogP contribution >= 0.6 is 0 Å². The molecular formula is C24H32N2O3. The Bertz CT molecular complexity index is 829. The molecule has 0 N–H and O–H groups in total. The van der Waals surface area contributed by atoms with E-state index < -0.39 is 0 Å². The molecule has 0 saturated carbocycles. The summed E-state index contributed by atoms with van der Waals surface area (Å²) >= 11 is 0. The molecule has 0 bridgehead atoms. The van der Waals surface area contributed by atoms with Crippen molar-refractivity contribution >= 4 is 5.91 Å². The van der Waals surface area contributed by atoms with Crippen molar-refractivity contribution in [3.05, 3.63) is 47.7 Å². The van der Waals surface area contributed by atoms with Crippen LogP contribution in [-0.4, -0.2) is 55.6 Å². The molecule has 5 nitrogen and oxygen atoms in total. The summed E-state index contributed by atoms with van der Waals surface area (Å²) in [4.78, 5) is 16.8. The van der Waals surface area contributed by atoms with Gasteiger partial charge in [-0.2, -0.15) is 0 Å². The molecule has 1 atom stereocenters. The molecule has 156 valence electrons. The van der Waals surface area contributed by atoms with Crippen LogP contribution in [0.15, 0.2) is 40.8 Å². The van der Waals surface area contributed by atoms with Crippen LogP contribution in [0, 0.1) is 12.3 Å². The fraction of sp³-hybridized carbons (Fsp3) is 0.542. The molecule has 2 saturated heterocycles. The number of carbonyl (C=O) groups excluding carboxylic acids is 1. The van der Waals surface area contributed by atoms with Gasteiger partial charge >= 0.3 is 0 Å². The third kappa shape index (κ3) is 4.73. The Hall–Kier alpha value is -2.11. The third-order valence-corrected chi connectivity index (χ3v) is 6.43. The normalized spacial score (nSPS) is 23.1. The molecule has 1 aromatic heterocycles. The maximum Gasteiger partial charge on any atom is 0.222 e. The van der Waals surface area contributed by atoms with Gasteiger partial charge in [-0.1, -0.05) is 29.8 Å². The summed E-state index contributed by atoms with van der Waals surface area (Å²) in [5, 5.41) is 0. The number of nitrogens with zero attached hydrogens (tertiary/aromatic N) is 2. The van der Waals surface area contributed by atoms with Gasteiger partial charge in [-0.25, -0.2) is 0 Å². The molecule has 2 fully saturated rings. The number of aryl methyl sites for hydroxylation is 1. The Labute approximate surface area is 173 Å². The second-order valence-electron chi connectivity index (χ2n) is 8.75. The fourth-order valence-corrected chi connectivity index (χ4v) is 4.84. The Morgan fingerprint density at radius 3 is 2.72 bits per heavy atom. The van der Waals surface area contributed by atoms with E-state index >= 15 is 0 Å². The minimum atomic E-state index is 0.215. The second kappa shape index (κ2) is 8.72. The lowest BCUT2D eigenvalue weighted by Gasteiger charge is -2.48. The van der Waals surface area contributed by atoms with Gasteiger partial charge in [-0.3, -0.25) is 9.69 Å². The largest absolute Gasteiger partial charge is 0.460 e. The van der Waals surface area contributed by atoms with E-state index in [1.807, 2.05) is 4.90 Å². The zero-order valence-corrected chi connectivity index (χ0v) is 17.7. The fourth-order valence-electron chi connectivity index (χ4n) is 4.84. The van der Waals surface area contributed by atoms with Crippen LogP contribution < -0.4 is 0 Å². The van der Waals surface area contributed by atoms with Crippen molar-refractivity contribution in [1.82, 2.24) is 9.80 Å². The second-order valence-corrected chi connectivity index (χ2v) is 8.75. The molecule has 3 heterocycles. The molecule has 1 aromatic carbocycles. The van der Waals surface area contributed by atoms with E-state index in [1.54, 1.807) is 7.11 Å². The van der Waals surface area contributed by atoms with E-state index in [4.69, 9.17) is 9.15 Å². The first-order chi connectivity index (χ1) is 14.1. The van der Waals surface area contributed by atoms with Crippen molar-refractivity contribution in [1.29, 1.82) is 0 Å². The van der Waals surface area contributed by atoms with Crippen LogP contribution in [0.25, 0.3) is 11.3 Å². The van der Waals surface area contributed by atoms with E-state index in [-0.39, 0.29) is 11.3 Å². The lowest BCUT2D eigenvalue weighted by atomic mass is 9.73. The zero-order chi connectivity index (χ0) is 20.3. The van der Waals surface area contributed by atoms with Gasteiger partial charge < -0.3 is 14.1 Å². The maximum atomic E-state index is 12.3. The molecule has 1 spiro atoms. The van der Waals surface area contributed by atoms with Crippen molar-refractivity contribution in [3.8, 4) is 11.3 Å². The van der Waals surface area contributed by atoms with Gasteiger partial charge in [0, 0.05) is 44.1 Å². The number of benzene rings is 1. The first-order valence-electron chi connectivity index (χ1n) is 10.7. The SMILES string of the molecule is COCCN1C[C@]2(CCCN(Cc3ccc(-c4ccc(C)cc4)o3)C2)CCC1=O. The van der Waals surface area contributed by atoms with Gasteiger partial charge in [-0.05, 0) is 44.9 Å². The minimum absolute atomic E-state index is 0.215. The molecule has 0 radical (unpaired) electrons. The van der Waals surface area contributed by atoms with Gasteiger partial charge in [0.2, 0.25) is 5.91 Å². The van der Waals surface area contributed by atoms with Crippen molar-refractivity contribution in [2.45, 2.75) is 39.2 Å². The standard InChI is InChI=1S/C24H32N2O3/c1-19-4-6-20(7-5-19)22-9-8-21(29-22)16-25-13-3-11-24(17-25)12-10-23(27)26(18-24)14-15-28-2/h4-9H,3,10-18H2,1-2H3/t24-/m1/s1. The number of methoxy groups -OCH3 is 1. The average molecular weight is 397 g/mol. The lowest BCUT2D eigenvalue weighted by Crippen LogP contribution is -2.54. The molecule has 0 aliphatic carbocycles. The molecule has 1 amide bonds. The van der Waals surface area contributed by atoms with E-state index in [0.29, 0.717) is 19.6 Å². The topological polar surface area (TPSA) is 45.9 Å². The van der Waals surface area contributed by atoms with Gasteiger partial charge in [-0.15, -0.1) is 0 Å². The first kappa shape index (κ1) is 20.2. The number of hydrogen-bond donors (Lipinski definition) is 0. The molecule has 0 unspecified atom stereocenters. The van der Waals surface area contributed by atoms with Gasteiger partial charge in [0.15, 0.2) is 0 Å². The number of ether oxygens (including phenoxy) is 1. The van der Waals surface area contributed by atoms with Crippen LogP contribution in [0.5, 0.6) is 0 Å². The number of carbonyl (C=O) groups is 1. The molecule has 4 rings (SSSR count). The maximum absolute atomic E-state index is 12.3. The summed E-state index contributed by atoms with van der Waals surface area (Å²) in [5.74, 6) is 2.22. The molecule has 2 aliphatic rings. The summed E-state index contributed by atoms with van der Waals surface area (Å²) in [6.07, 6.45) is 4.04. The number of rotatable bonds is 6. The number of hydrogen-bond acceptors (Lipinski definition) is 4. The smallest absolute Gasteiger partial charge is 0.222 e. The lowest BCUT2D eigenvalue weighted by molar-refractivity contribution is -0.140. The van der Waals surface area contributed by atoms with E-state index in [9.17, 15) is 4.79 Å². The summed E-state index contributed by atoms with van der Waals surface area (Å²) in [5.41, 5.74) is 2.59. The minimum Gasteiger partial charge on any atom is -0.460 e. The Morgan fingerprint density at radius 1 is 1.10 bits per heavy atom. The predicted octanol–water partition coefficient (Wildman–Crippen LogP) is 4.11. The van der Waals surface area contributed by atoms with E-state index in [0.717, 1.165) is 49.7 Å². The third-order valence-electron chi connectivity index (χ3n) is 6.43. The molecule has 29 heavy (non-hydrogen) atoms. The summed E-state index contributed by atoms with van der Waals surface area (Å²) in [7, 11) is 1.70. The summed E-state index contributed by atoms with van der Waals surface area (Å²) in [6.45, 7) is 7.23. The Morgan fingerprint density at radius 2 is 1.93 bits per heavy atom. The molecule has 2 aromatic rings. The van der Waals surface area contributed by atoms with Crippen LogP contribution in [0.3, 0.4) is 0 Å². The summed E-state index contributed by atoms with van der Waals surface area (Å²) < 4.78 is 11.4. The highest BCUT2D eigenvalue weighted by Gasteiger charge is 2.41. The van der Waals surface area contributed by atoms with Crippen LogP contribution in [0.2, 0.25) is 0 Å². The highest BCUT2D eigenvalue weighted by molar-refractivity contribution is 5.77. The van der Waals surface area contributed by atoms with Gasteiger partial charge in [0.25, 0.3) is 0 Å². The number of piperidine rings is 2. The monoisotopic (exact) mass is 396 g/mol. The highest BCUT2D eigenvalue weighted by atomic mass is 16.5. The Balaban J connectivity index is 1.40.